The van der Waals surface area contributed by atoms with E-state index in [1.807, 2.05) is 76.2 Å². The summed E-state index contributed by atoms with van der Waals surface area (Å²) in [6.45, 7) is 8.13. The lowest BCUT2D eigenvalue weighted by molar-refractivity contribution is -0.136. The highest BCUT2D eigenvalue weighted by molar-refractivity contribution is 6.11. The van der Waals surface area contributed by atoms with Crippen LogP contribution in [0.4, 0.5) is 5.69 Å². The Labute approximate surface area is 183 Å². The Hall–Kier alpha value is -3.24. The van der Waals surface area contributed by atoms with Gasteiger partial charge in [0, 0.05) is 11.1 Å². The van der Waals surface area contributed by atoms with Crippen LogP contribution in [0.2, 0.25) is 0 Å². The van der Waals surface area contributed by atoms with Crippen LogP contribution < -0.4 is 4.90 Å². The van der Waals surface area contributed by atoms with Gasteiger partial charge in [0.15, 0.2) is 11.4 Å². The van der Waals surface area contributed by atoms with Crippen molar-refractivity contribution in [2.24, 2.45) is 0 Å². The number of benzene rings is 3. The molecule has 31 heavy (non-hydrogen) atoms. The molecule has 1 aliphatic rings. The first kappa shape index (κ1) is 21.0. The number of amides is 1. The van der Waals surface area contributed by atoms with Crippen molar-refractivity contribution in [3.8, 4) is 0 Å². The fourth-order valence-corrected chi connectivity index (χ4v) is 4.65. The topological polar surface area (TPSA) is 57.6 Å². The van der Waals surface area contributed by atoms with Gasteiger partial charge < -0.3 is 10.0 Å². The van der Waals surface area contributed by atoms with Crippen LogP contribution >= 0.6 is 0 Å². The number of hydrogen-bond acceptors (Lipinski definition) is 3. The number of anilines is 1. The molecule has 0 spiro atoms. The van der Waals surface area contributed by atoms with Crippen molar-refractivity contribution in [2.75, 3.05) is 4.90 Å². The lowest BCUT2D eigenvalue weighted by Crippen LogP contribution is -2.41. The molecule has 4 rings (SSSR count). The number of aliphatic hydroxyl groups is 1. The van der Waals surface area contributed by atoms with E-state index in [9.17, 15) is 14.7 Å². The van der Waals surface area contributed by atoms with E-state index in [0.717, 1.165) is 27.8 Å². The minimum absolute atomic E-state index is 0.224. The summed E-state index contributed by atoms with van der Waals surface area (Å²) in [4.78, 5) is 28.3. The first-order chi connectivity index (χ1) is 14.7. The molecule has 1 N–H and O–H groups in total. The van der Waals surface area contributed by atoms with E-state index in [1.165, 1.54) is 0 Å². The Bertz CT molecular complexity index is 1160. The summed E-state index contributed by atoms with van der Waals surface area (Å²) in [5.74, 6) is -0.678. The van der Waals surface area contributed by atoms with E-state index in [0.29, 0.717) is 23.4 Å². The first-order valence-electron chi connectivity index (χ1n) is 10.5. The molecule has 0 fully saturated rings. The van der Waals surface area contributed by atoms with Crippen LogP contribution in [0.3, 0.4) is 0 Å². The molecule has 3 aromatic rings. The zero-order chi connectivity index (χ0) is 22.3. The van der Waals surface area contributed by atoms with Gasteiger partial charge in [-0.05, 0) is 50.5 Å². The second-order valence-electron chi connectivity index (χ2n) is 8.63. The number of Topliss-reactive ketones (excluding diaryl/α,β-unsaturated/α-hetero) is 1. The van der Waals surface area contributed by atoms with Crippen molar-refractivity contribution in [3.05, 3.63) is 99.6 Å². The zero-order valence-electron chi connectivity index (χ0n) is 18.4. The summed E-state index contributed by atoms with van der Waals surface area (Å²) < 4.78 is 0. The standard InChI is InChI=1S/C27H27NO3/c1-17-9-11-21(12-10-17)16-28-23-8-6-5-7-22(23)27(31,26(28)30)15-24(29)25-19(3)13-18(2)14-20(25)4/h5-14,31H,15-16H2,1-4H3. The summed E-state index contributed by atoms with van der Waals surface area (Å²) in [5.41, 5.74) is 4.77. The van der Waals surface area contributed by atoms with E-state index in [4.69, 9.17) is 0 Å². The minimum Gasteiger partial charge on any atom is -0.375 e. The second-order valence-corrected chi connectivity index (χ2v) is 8.63. The van der Waals surface area contributed by atoms with Crippen molar-refractivity contribution in [1.29, 1.82) is 0 Å². The molecule has 0 saturated carbocycles. The second kappa shape index (κ2) is 7.78. The number of carbonyl (C=O) groups excluding carboxylic acids is 2. The predicted molar refractivity (Wildman–Crippen MR) is 122 cm³/mol. The summed E-state index contributed by atoms with van der Waals surface area (Å²) in [5, 5.41) is 11.6. The van der Waals surface area contributed by atoms with Gasteiger partial charge in [-0.2, -0.15) is 0 Å². The number of aryl methyl sites for hydroxylation is 4. The average Bonchev–Trinajstić information content (AvgIpc) is 2.91. The number of rotatable bonds is 5. The molecule has 4 heteroatoms. The maximum absolute atomic E-state index is 13.5. The van der Waals surface area contributed by atoms with Gasteiger partial charge >= 0.3 is 0 Å². The summed E-state index contributed by atoms with van der Waals surface area (Å²) in [6.07, 6.45) is -0.280. The van der Waals surface area contributed by atoms with Crippen molar-refractivity contribution in [1.82, 2.24) is 0 Å². The number of nitrogens with zero attached hydrogens (tertiary/aromatic N) is 1. The molecule has 1 amide bonds. The SMILES string of the molecule is Cc1ccc(CN2C(=O)C(O)(CC(=O)c3c(C)cc(C)cc3C)c3ccccc32)cc1. The third kappa shape index (κ3) is 3.68. The number of para-hydroxylation sites is 1. The van der Waals surface area contributed by atoms with Gasteiger partial charge in [-0.25, -0.2) is 0 Å². The lowest BCUT2D eigenvalue weighted by Gasteiger charge is -2.23. The van der Waals surface area contributed by atoms with Gasteiger partial charge in [0.2, 0.25) is 0 Å². The van der Waals surface area contributed by atoms with Gasteiger partial charge in [-0.3, -0.25) is 9.59 Å². The molecule has 1 atom stereocenters. The van der Waals surface area contributed by atoms with E-state index in [1.54, 1.807) is 17.0 Å². The number of fused-ring (bicyclic) bond motifs is 1. The molecule has 0 aromatic heterocycles. The highest BCUT2D eigenvalue weighted by atomic mass is 16.3. The molecule has 0 bridgehead atoms. The van der Waals surface area contributed by atoms with E-state index >= 15 is 0 Å². The van der Waals surface area contributed by atoms with Crippen molar-refractivity contribution < 1.29 is 14.7 Å². The molecule has 158 valence electrons. The molecule has 1 unspecified atom stereocenters. The molecular weight excluding hydrogens is 386 g/mol. The van der Waals surface area contributed by atoms with Crippen LogP contribution in [0.15, 0.2) is 60.7 Å². The van der Waals surface area contributed by atoms with Crippen molar-refractivity contribution >= 4 is 17.4 Å². The molecular formula is C27H27NO3. The van der Waals surface area contributed by atoms with E-state index in [2.05, 4.69) is 0 Å². The maximum atomic E-state index is 13.5. The van der Waals surface area contributed by atoms with Crippen LogP contribution in [0.25, 0.3) is 0 Å². The third-order valence-electron chi connectivity index (χ3n) is 6.07. The van der Waals surface area contributed by atoms with Crippen molar-refractivity contribution in [2.45, 2.75) is 46.3 Å². The van der Waals surface area contributed by atoms with Gasteiger partial charge in [-0.15, -0.1) is 0 Å². The lowest BCUT2D eigenvalue weighted by atomic mass is 9.85. The Kier molecular flexibility index (Phi) is 5.28. The van der Waals surface area contributed by atoms with Gasteiger partial charge in [0.05, 0.1) is 18.7 Å². The maximum Gasteiger partial charge on any atom is 0.264 e. The van der Waals surface area contributed by atoms with E-state index in [-0.39, 0.29) is 12.2 Å². The minimum atomic E-state index is -1.87. The fourth-order valence-electron chi connectivity index (χ4n) is 4.65. The van der Waals surface area contributed by atoms with Gasteiger partial charge in [0.25, 0.3) is 5.91 Å². The molecule has 1 aliphatic heterocycles. The average molecular weight is 414 g/mol. The quantitative estimate of drug-likeness (QED) is 0.604. The Morgan fingerprint density at radius 2 is 1.52 bits per heavy atom. The predicted octanol–water partition coefficient (Wildman–Crippen LogP) is 4.93. The molecule has 0 saturated heterocycles. The summed E-state index contributed by atoms with van der Waals surface area (Å²) in [6, 6.07) is 19.1. The molecule has 0 radical (unpaired) electrons. The van der Waals surface area contributed by atoms with Crippen LogP contribution in [0.1, 0.15) is 50.2 Å². The Morgan fingerprint density at radius 1 is 0.903 bits per heavy atom. The molecule has 3 aromatic carbocycles. The molecule has 0 aliphatic carbocycles. The summed E-state index contributed by atoms with van der Waals surface area (Å²) >= 11 is 0. The summed E-state index contributed by atoms with van der Waals surface area (Å²) in [7, 11) is 0. The number of hydrogen-bond donors (Lipinski definition) is 1. The van der Waals surface area contributed by atoms with Gasteiger partial charge in [-0.1, -0.05) is 65.7 Å². The van der Waals surface area contributed by atoms with Crippen LogP contribution in [0, 0.1) is 27.7 Å². The number of carbonyl (C=O) groups is 2. The zero-order valence-corrected chi connectivity index (χ0v) is 18.4. The normalized spacial score (nSPS) is 17.7. The van der Waals surface area contributed by atoms with Crippen molar-refractivity contribution in [3.63, 3.8) is 0 Å². The highest BCUT2D eigenvalue weighted by Crippen LogP contribution is 2.43. The third-order valence-corrected chi connectivity index (χ3v) is 6.07. The Balaban J connectivity index is 1.70. The smallest absolute Gasteiger partial charge is 0.264 e. The van der Waals surface area contributed by atoms with Crippen LogP contribution in [-0.4, -0.2) is 16.8 Å². The van der Waals surface area contributed by atoms with Gasteiger partial charge in [0.1, 0.15) is 0 Å². The van der Waals surface area contributed by atoms with Crippen LogP contribution in [-0.2, 0) is 16.9 Å². The fraction of sp³-hybridized carbons (Fsp3) is 0.259. The van der Waals surface area contributed by atoms with Crippen LogP contribution in [0.5, 0.6) is 0 Å². The first-order valence-corrected chi connectivity index (χ1v) is 10.5. The number of ketones is 1. The largest absolute Gasteiger partial charge is 0.375 e. The highest BCUT2D eigenvalue weighted by Gasteiger charge is 2.50. The Morgan fingerprint density at radius 3 is 2.16 bits per heavy atom. The molecule has 1 heterocycles. The molecule has 4 nitrogen and oxygen atoms in total. The van der Waals surface area contributed by atoms with E-state index < -0.39 is 11.5 Å². The monoisotopic (exact) mass is 413 g/mol.